The second-order valence-electron chi connectivity index (χ2n) is 8.01. The second-order valence-corrected chi connectivity index (χ2v) is 8.01. The molecule has 2 aromatic rings. The molecule has 2 heterocycles. The molecular formula is C23H29N3O2. The van der Waals surface area contributed by atoms with E-state index in [1.165, 1.54) is 5.56 Å². The summed E-state index contributed by atoms with van der Waals surface area (Å²) in [6.07, 6.45) is 7.99. The lowest BCUT2D eigenvalue weighted by Crippen LogP contribution is -2.66. The van der Waals surface area contributed by atoms with Crippen molar-refractivity contribution >= 4 is 5.91 Å². The predicted octanol–water partition coefficient (Wildman–Crippen LogP) is 2.72. The van der Waals surface area contributed by atoms with Crippen molar-refractivity contribution in [2.24, 2.45) is 5.92 Å². The summed E-state index contributed by atoms with van der Waals surface area (Å²) in [7, 11) is 0. The maximum atomic E-state index is 12.6. The second kappa shape index (κ2) is 8.84. The average molecular weight is 380 g/mol. The van der Waals surface area contributed by atoms with Crippen LogP contribution in [0.2, 0.25) is 0 Å². The zero-order chi connectivity index (χ0) is 19.3. The Kier molecular flexibility index (Phi) is 6.03. The lowest BCUT2D eigenvalue weighted by molar-refractivity contribution is -0.126. The zero-order valence-electron chi connectivity index (χ0n) is 16.2. The van der Waals surface area contributed by atoms with Crippen molar-refractivity contribution in [3.05, 3.63) is 66.0 Å². The van der Waals surface area contributed by atoms with Gasteiger partial charge in [0.05, 0.1) is 6.61 Å². The van der Waals surface area contributed by atoms with E-state index in [2.05, 4.69) is 33.4 Å². The molecule has 1 aromatic carbocycles. The molecule has 1 saturated carbocycles. The first-order chi connectivity index (χ1) is 13.8. The van der Waals surface area contributed by atoms with E-state index in [0.29, 0.717) is 6.54 Å². The molecule has 4 rings (SSSR count). The average Bonchev–Trinajstić information content (AvgIpc) is 3.27. The van der Waals surface area contributed by atoms with Crippen molar-refractivity contribution in [2.75, 3.05) is 13.2 Å². The third-order valence-corrected chi connectivity index (χ3v) is 6.35. The number of nitrogens with zero attached hydrogens (tertiary/aromatic N) is 2. The number of benzene rings is 1. The molecule has 0 spiro atoms. The molecule has 28 heavy (non-hydrogen) atoms. The van der Waals surface area contributed by atoms with Crippen LogP contribution in [0.1, 0.15) is 42.7 Å². The Morgan fingerprint density at radius 1 is 1.11 bits per heavy atom. The van der Waals surface area contributed by atoms with Crippen LogP contribution in [-0.4, -0.2) is 46.1 Å². The van der Waals surface area contributed by atoms with Crippen molar-refractivity contribution in [3.8, 4) is 0 Å². The van der Waals surface area contributed by atoms with Crippen LogP contribution in [0.15, 0.2) is 54.9 Å². The molecule has 148 valence electrons. The van der Waals surface area contributed by atoms with Crippen LogP contribution < -0.4 is 5.32 Å². The third-order valence-electron chi connectivity index (χ3n) is 6.35. The molecule has 0 bridgehead atoms. The number of rotatable bonds is 7. The summed E-state index contributed by atoms with van der Waals surface area (Å²) in [5.41, 5.74) is 2.35. The van der Waals surface area contributed by atoms with Gasteiger partial charge in [0.1, 0.15) is 0 Å². The summed E-state index contributed by atoms with van der Waals surface area (Å²) in [6, 6.07) is 14.6. The Labute approximate surface area is 166 Å². The van der Waals surface area contributed by atoms with Crippen molar-refractivity contribution in [2.45, 2.75) is 50.2 Å². The lowest BCUT2D eigenvalue weighted by Gasteiger charge is -2.55. The number of amides is 1. The zero-order valence-corrected chi connectivity index (χ0v) is 16.2. The summed E-state index contributed by atoms with van der Waals surface area (Å²) in [5, 5.41) is 13.3. The molecule has 0 unspecified atom stereocenters. The summed E-state index contributed by atoms with van der Waals surface area (Å²) in [6.45, 7) is 1.45. The van der Waals surface area contributed by atoms with Crippen molar-refractivity contribution < 1.29 is 9.90 Å². The Balaban J connectivity index is 1.50. The fraction of sp³-hybridized carbons (Fsp3) is 0.478. The van der Waals surface area contributed by atoms with E-state index >= 15 is 0 Å². The van der Waals surface area contributed by atoms with E-state index in [0.717, 1.165) is 37.8 Å². The van der Waals surface area contributed by atoms with E-state index in [1.807, 2.05) is 30.5 Å². The standard InChI is InChI=1S/C23H29N3O2/c27-16-21-22(18-8-2-1-3-9-18)20(14-25-23(28)19-10-4-5-11-19)26(21)15-17-7-6-12-24-13-17/h1-3,6-9,12-13,19-22,27H,4-5,10-11,14-16H2,(H,25,28)/t20-,21+,22+/m0/s1. The molecule has 2 aliphatic rings. The maximum absolute atomic E-state index is 12.6. The first kappa shape index (κ1) is 19.1. The van der Waals surface area contributed by atoms with Gasteiger partial charge in [-0.25, -0.2) is 0 Å². The molecule has 2 fully saturated rings. The minimum Gasteiger partial charge on any atom is -0.395 e. The van der Waals surface area contributed by atoms with Crippen molar-refractivity contribution in [1.82, 2.24) is 15.2 Å². The van der Waals surface area contributed by atoms with Crippen LogP contribution in [0.5, 0.6) is 0 Å². The van der Waals surface area contributed by atoms with E-state index < -0.39 is 0 Å². The Bertz CT molecular complexity index is 762. The third kappa shape index (κ3) is 3.96. The molecule has 1 aliphatic heterocycles. The van der Waals surface area contributed by atoms with Gasteiger partial charge in [0, 0.05) is 49.4 Å². The van der Waals surface area contributed by atoms with Crippen LogP contribution in [0.4, 0.5) is 0 Å². The van der Waals surface area contributed by atoms with Crippen LogP contribution in [0.25, 0.3) is 0 Å². The SMILES string of the molecule is O=C(NC[C@H]1[C@@H](c2ccccc2)[C@@H](CO)N1Cc1cccnc1)C1CCCC1. The molecule has 3 atom stereocenters. The van der Waals surface area contributed by atoms with Gasteiger partial charge in [-0.1, -0.05) is 49.2 Å². The molecule has 1 aromatic heterocycles. The number of nitrogens with one attached hydrogen (secondary N) is 1. The molecule has 5 heteroatoms. The number of carbonyl (C=O) groups excluding carboxylic acids is 1. The molecule has 5 nitrogen and oxygen atoms in total. The summed E-state index contributed by atoms with van der Waals surface area (Å²) >= 11 is 0. The quantitative estimate of drug-likeness (QED) is 0.776. The molecular weight excluding hydrogens is 350 g/mol. The number of likely N-dealkylation sites (tertiary alicyclic amines) is 1. The van der Waals surface area contributed by atoms with Gasteiger partial charge in [0.15, 0.2) is 0 Å². The van der Waals surface area contributed by atoms with Gasteiger partial charge in [-0.3, -0.25) is 14.7 Å². The fourth-order valence-corrected chi connectivity index (χ4v) is 4.87. The summed E-state index contributed by atoms with van der Waals surface area (Å²) in [4.78, 5) is 19.1. The van der Waals surface area contributed by atoms with Gasteiger partial charge in [0.25, 0.3) is 0 Å². The van der Waals surface area contributed by atoms with E-state index in [-0.39, 0.29) is 36.4 Å². The largest absolute Gasteiger partial charge is 0.395 e. The number of hydrogen-bond acceptors (Lipinski definition) is 4. The highest BCUT2D eigenvalue weighted by Gasteiger charge is 2.48. The molecule has 0 radical (unpaired) electrons. The minimum absolute atomic E-state index is 0.0518. The van der Waals surface area contributed by atoms with Crippen LogP contribution in [0, 0.1) is 5.92 Å². The van der Waals surface area contributed by atoms with Crippen molar-refractivity contribution in [1.29, 1.82) is 0 Å². The van der Waals surface area contributed by atoms with Gasteiger partial charge in [-0.15, -0.1) is 0 Å². The fourth-order valence-electron chi connectivity index (χ4n) is 4.87. The highest BCUT2D eigenvalue weighted by atomic mass is 16.3. The first-order valence-electron chi connectivity index (χ1n) is 10.4. The van der Waals surface area contributed by atoms with Crippen LogP contribution >= 0.6 is 0 Å². The van der Waals surface area contributed by atoms with Crippen molar-refractivity contribution in [3.63, 3.8) is 0 Å². The highest BCUT2D eigenvalue weighted by molar-refractivity contribution is 5.78. The van der Waals surface area contributed by atoms with Gasteiger partial charge < -0.3 is 10.4 Å². The van der Waals surface area contributed by atoms with Crippen LogP contribution in [-0.2, 0) is 11.3 Å². The van der Waals surface area contributed by atoms with Gasteiger partial charge >= 0.3 is 0 Å². The van der Waals surface area contributed by atoms with Crippen LogP contribution in [0.3, 0.4) is 0 Å². The summed E-state index contributed by atoms with van der Waals surface area (Å²) in [5.74, 6) is 0.584. The molecule has 1 amide bonds. The molecule has 2 N–H and O–H groups in total. The number of aliphatic hydroxyl groups is 1. The number of aliphatic hydroxyl groups excluding tert-OH is 1. The molecule has 1 aliphatic carbocycles. The van der Waals surface area contributed by atoms with E-state index in [1.54, 1.807) is 6.20 Å². The monoisotopic (exact) mass is 379 g/mol. The molecule has 1 saturated heterocycles. The first-order valence-corrected chi connectivity index (χ1v) is 10.4. The predicted molar refractivity (Wildman–Crippen MR) is 109 cm³/mol. The van der Waals surface area contributed by atoms with E-state index in [4.69, 9.17) is 0 Å². The number of pyridine rings is 1. The minimum atomic E-state index is 0.0518. The maximum Gasteiger partial charge on any atom is 0.223 e. The number of carbonyl (C=O) groups is 1. The Morgan fingerprint density at radius 3 is 2.57 bits per heavy atom. The van der Waals surface area contributed by atoms with Gasteiger partial charge in [-0.05, 0) is 30.0 Å². The summed E-state index contributed by atoms with van der Waals surface area (Å²) < 4.78 is 0. The van der Waals surface area contributed by atoms with Gasteiger partial charge in [-0.2, -0.15) is 0 Å². The number of hydrogen-bond donors (Lipinski definition) is 2. The Hall–Kier alpha value is -2.24. The Morgan fingerprint density at radius 2 is 1.89 bits per heavy atom. The highest BCUT2D eigenvalue weighted by Crippen LogP contribution is 2.41. The lowest BCUT2D eigenvalue weighted by atomic mass is 9.74. The smallest absolute Gasteiger partial charge is 0.223 e. The number of aromatic nitrogens is 1. The van der Waals surface area contributed by atoms with E-state index in [9.17, 15) is 9.90 Å². The van der Waals surface area contributed by atoms with Gasteiger partial charge in [0.2, 0.25) is 5.91 Å². The normalized spacial score (nSPS) is 25.4. The topological polar surface area (TPSA) is 65.5 Å².